The van der Waals surface area contributed by atoms with E-state index in [1.165, 1.54) is 12.5 Å². The van der Waals surface area contributed by atoms with Gasteiger partial charge in [-0.1, -0.05) is 0 Å². The molecule has 0 radical (unpaired) electrons. The van der Waals surface area contributed by atoms with Crippen molar-refractivity contribution in [2.45, 2.75) is 25.8 Å². The molecule has 2 amide bonds. The van der Waals surface area contributed by atoms with Crippen molar-refractivity contribution in [3.05, 3.63) is 71.9 Å². The number of rotatable bonds is 4. The summed E-state index contributed by atoms with van der Waals surface area (Å²) in [6.07, 6.45) is 6.18. The predicted molar refractivity (Wildman–Crippen MR) is 103 cm³/mol. The van der Waals surface area contributed by atoms with Crippen molar-refractivity contribution in [3.8, 4) is 5.69 Å². The van der Waals surface area contributed by atoms with Crippen molar-refractivity contribution >= 4 is 11.8 Å². The highest BCUT2D eigenvalue weighted by Gasteiger charge is 2.25. The Balaban J connectivity index is 1.32. The molecule has 0 saturated carbocycles. The van der Waals surface area contributed by atoms with Gasteiger partial charge in [0.2, 0.25) is 0 Å². The summed E-state index contributed by atoms with van der Waals surface area (Å²) in [5.74, 6) is -0.119. The Labute approximate surface area is 162 Å². The summed E-state index contributed by atoms with van der Waals surface area (Å²) in [7, 11) is 0. The van der Waals surface area contributed by atoms with Crippen LogP contribution in [0.4, 0.5) is 0 Å². The molecule has 28 heavy (non-hydrogen) atoms. The number of benzene rings is 1. The molecule has 1 aliphatic heterocycles. The van der Waals surface area contributed by atoms with Crippen LogP contribution in [-0.2, 0) is 0 Å². The van der Waals surface area contributed by atoms with Crippen LogP contribution in [0.1, 0.15) is 39.3 Å². The first kappa shape index (κ1) is 18.0. The number of carbonyl (C=O) groups excluding carboxylic acids is 2. The standard InChI is InChI=1S/C21H22N4O3/c1-15-6-10-22-25(15)19-4-2-16(3-5-19)20(26)23-18-7-11-24(12-8-18)21(27)17-9-13-28-14-17/h2-6,9-10,13-14,18H,7-8,11-12H2,1H3,(H,23,26). The summed E-state index contributed by atoms with van der Waals surface area (Å²) in [6, 6.07) is 11.1. The molecule has 3 aromatic rings. The van der Waals surface area contributed by atoms with Gasteiger partial charge in [-0.25, -0.2) is 4.68 Å². The molecular formula is C21H22N4O3. The van der Waals surface area contributed by atoms with Crippen molar-refractivity contribution in [1.29, 1.82) is 0 Å². The van der Waals surface area contributed by atoms with E-state index in [0.29, 0.717) is 24.2 Å². The number of aromatic nitrogens is 2. The lowest BCUT2D eigenvalue weighted by molar-refractivity contribution is 0.0697. The minimum absolute atomic E-state index is 0.0250. The second kappa shape index (κ2) is 7.72. The third kappa shape index (κ3) is 3.69. The summed E-state index contributed by atoms with van der Waals surface area (Å²) in [4.78, 5) is 26.7. The fourth-order valence-corrected chi connectivity index (χ4v) is 3.46. The normalized spacial score (nSPS) is 14.8. The van der Waals surface area contributed by atoms with E-state index in [2.05, 4.69) is 10.4 Å². The number of likely N-dealkylation sites (tertiary alicyclic amines) is 1. The van der Waals surface area contributed by atoms with Gasteiger partial charge in [-0.15, -0.1) is 0 Å². The maximum absolute atomic E-state index is 12.6. The molecule has 1 aromatic carbocycles. The number of piperidine rings is 1. The van der Waals surface area contributed by atoms with Gasteiger partial charge in [0.25, 0.3) is 11.8 Å². The number of hydrogen-bond acceptors (Lipinski definition) is 4. The second-order valence-electron chi connectivity index (χ2n) is 6.98. The largest absolute Gasteiger partial charge is 0.472 e. The molecule has 0 atom stereocenters. The van der Waals surface area contributed by atoms with E-state index < -0.39 is 0 Å². The summed E-state index contributed by atoms with van der Waals surface area (Å²) in [6.45, 7) is 3.22. The lowest BCUT2D eigenvalue weighted by Gasteiger charge is -2.32. The molecule has 4 rings (SSSR count). The zero-order valence-electron chi connectivity index (χ0n) is 15.7. The summed E-state index contributed by atoms with van der Waals surface area (Å²) < 4.78 is 6.81. The predicted octanol–water partition coefficient (Wildman–Crippen LogP) is 2.81. The highest BCUT2D eigenvalue weighted by Crippen LogP contribution is 2.16. The van der Waals surface area contributed by atoms with E-state index in [9.17, 15) is 9.59 Å². The number of aryl methyl sites for hydroxylation is 1. The Morgan fingerprint density at radius 3 is 2.43 bits per heavy atom. The quantitative estimate of drug-likeness (QED) is 0.757. The van der Waals surface area contributed by atoms with E-state index >= 15 is 0 Å². The molecule has 7 nitrogen and oxygen atoms in total. The van der Waals surface area contributed by atoms with E-state index in [-0.39, 0.29) is 17.9 Å². The topological polar surface area (TPSA) is 80.4 Å². The molecule has 0 aliphatic carbocycles. The van der Waals surface area contributed by atoms with Gasteiger partial charge in [0, 0.05) is 36.6 Å². The minimum Gasteiger partial charge on any atom is -0.472 e. The van der Waals surface area contributed by atoms with E-state index in [1.54, 1.807) is 17.2 Å². The van der Waals surface area contributed by atoms with Crippen molar-refractivity contribution < 1.29 is 14.0 Å². The molecule has 2 aromatic heterocycles. The van der Waals surface area contributed by atoms with Gasteiger partial charge in [0.05, 0.1) is 17.5 Å². The molecule has 1 N–H and O–H groups in total. The average Bonchev–Trinajstić information content (AvgIpc) is 3.40. The van der Waals surface area contributed by atoms with Gasteiger partial charge in [0.15, 0.2) is 0 Å². The zero-order chi connectivity index (χ0) is 19.5. The van der Waals surface area contributed by atoms with E-state index in [4.69, 9.17) is 4.42 Å². The summed E-state index contributed by atoms with van der Waals surface area (Å²) in [5.41, 5.74) is 3.14. The van der Waals surface area contributed by atoms with Gasteiger partial charge in [0.1, 0.15) is 6.26 Å². The van der Waals surface area contributed by atoms with Crippen LogP contribution in [0.2, 0.25) is 0 Å². The van der Waals surface area contributed by atoms with Crippen LogP contribution in [0.5, 0.6) is 0 Å². The lowest BCUT2D eigenvalue weighted by atomic mass is 10.0. The maximum atomic E-state index is 12.6. The number of nitrogens with zero attached hydrogens (tertiary/aromatic N) is 3. The van der Waals surface area contributed by atoms with E-state index in [0.717, 1.165) is 24.2 Å². The molecule has 1 fully saturated rings. The molecule has 0 bridgehead atoms. The van der Waals surface area contributed by atoms with Crippen LogP contribution in [0.15, 0.2) is 59.5 Å². The third-order valence-electron chi connectivity index (χ3n) is 5.09. The van der Waals surface area contributed by atoms with E-state index in [1.807, 2.05) is 41.9 Å². The average molecular weight is 378 g/mol. The van der Waals surface area contributed by atoms with Crippen molar-refractivity contribution in [2.75, 3.05) is 13.1 Å². The first-order valence-corrected chi connectivity index (χ1v) is 9.35. The number of furan rings is 1. The first-order chi connectivity index (χ1) is 13.6. The molecular weight excluding hydrogens is 356 g/mol. The molecule has 1 aliphatic rings. The van der Waals surface area contributed by atoms with Crippen LogP contribution in [0, 0.1) is 6.92 Å². The lowest BCUT2D eigenvalue weighted by Crippen LogP contribution is -2.46. The molecule has 144 valence electrons. The van der Waals surface area contributed by atoms with Crippen LogP contribution < -0.4 is 5.32 Å². The Kier molecular flexibility index (Phi) is 4.97. The van der Waals surface area contributed by atoms with Gasteiger partial charge in [-0.05, 0) is 56.2 Å². The fourth-order valence-electron chi connectivity index (χ4n) is 3.46. The van der Waals surface area contributed by atoms with Crippen molar-refractivity contribution in [1.82, 2.24) is 20.0 Å². The maximum Gasteiger partial charge on any atom is 0.257 e. The Hall–Kier alpha value is -3.35. The fraction of sp³-hybridized carbons (Fsp3) is 0.286. The second-order valence-corrected chi connectivity index (χ2v) is 6.98. The Morgan fingerprint density at radius 2 is 1.82 bits per heavy atom. The third-order valence-corrected chi connectivity index (χ3v) is 5.09. The smallest absolute Gasteiger partial charge is 0.257 e. The van der Waals surface area contributed by atoms with Crippen LogP contribution in [-0.4, -0.2) is 45.6 Å². The minimum atomic E-state index is -0.0941. The Morgan fingerprint density at radius 1 is 1.07 bits per heavy atom. The van der Waals surface area contributed by atoms with Gasteiger partial charge in [-0.3, -0.25) is 9.59 Å². The van der Waals surface area contributed by atoms with Crippen LogP contribution in [0.25, 0.3) is 5.69 Å². The number of carbonyl (C=O) groups is 2. The van der Waals surface area contributed by atoms with Crippen molar-refractivity contribution in [2.24, 2.45) is 0 Å². The summed E-state index contributed by atoms with van der Waals surface area (Å²) >= 11 is 0. The van der Waals surface area contributed by atoms with Gasteiger partial charge >= 0.3 is 0 Å². The molecule has 0 spiro atoms. The number of amides is 2. The van der Waals surface area contributed by atoms with Gasteiger partial charge in [-0.2, -0.15) is 5.10 Å². The highest BCUT2D eigenvalue weighted by atomic mass is 16.3. The van der Waals surface area contributed by atoms with Crippen LogP contribution >= 0.6 is 0 Å². The summed E-state index contributed by atoms with van der Waals surface area (Å²) in [5, 5.41) is 7.35. The van der Waals surface area contributed by atoms with Gasteiger partial charge < -0.3 is 14.6 Å². The highest BCUT2D eigenvalue weighted by molar-refractivity contribution is 5.95. The Bertz CT molecular complexity index is 952. The SMILES string of the molecule is Cc1ccnn1-c1ccc(C(=O)NC2CCN(C(=O)c3ccoc3)CC2)cc1. The zero-order valence-corrected chi connectivity index (χ0v) is 15.7. The molecule has 7 heteroatoms. The monoisotopic (exact) mass is 378 g/mol. The molecule has 3 heterocycles. The van der Waals surface area contributed by atoms with Crippen molar-refractivity contribution in [3.63, 3.8) is 0 Å². The number of hydrogen-bond donors (Lipinski definition) is 1. The molecule has 0 unspecified atom stereocenters. The first-order valence-electron chi connectivity index (χ1n) is 9.35. The molecule has 1 saturated heterocycles. The number of nitrogens with one attached hydrogen (secondary N) is 1. The van der Waals surface area contributed by atoms with Crippen LogP contribution in [0.3, 0.4) is 0 Å².